The first-order chi connectivity index (χ1) is 14.5. The first-order valence-electron chi connectivity index (χ1n) is 9.34. The highest BCUT2D eigenvalue weighted by molar-refractivity contribution is 5.95. The summed E-state index contributed by atoms with van der Waals surface area (Å²) in [6, 6.07) is 19.4. The molecule has 154 valence electrons. The number of nitrogens with one attached hydrogen (secondary N) is 1. The Balaban J connectivity index is 1.68. The summed E-state index contributed by atoms with van der Waals surface area (Å²) in [7, 11) is 0. The molecule has 7 nitrogen and oxygen atoms in total. The molecule has 0 aliphatic carbocycles. The van der Waals surface area contributed by atoms with Crippen LogP contribution in [0.2, 0.25) is 0 Å². The quantitative estimate of drug-likeness (QED) is 0.439. The number of aromatic hydroxyl groups is 1. The molecule has 0 unspecified atom stereocenters. The van der Waals surface area contributed by atoms with Crippen molar-refractivity contribution >= 4 is 11.9 Å². The predicted molar refractivity (Wildman–Crippen MR) is 108 cm³/mol. The number of aromatic amines is 1. The topological polar surface area (TPSA) is 106 Å². The second-order valence-corrected chi connectivity index (χ2v) is 6.65. The maximum absolute atomic E-state index is 12.7. The number of ether oxygens (including phenoxy) is 2. The van der Waals surface area contributed by atoms with Gasteiger partial charge in [0.05, 0.1) is 5.69 Å². The van der Waals surface area contributed by atoms with Gasteiger partial charge in [0.1, 0.15) is 13.2 Å². The van der Waals surface area contributed by atoms with Crippen LogP contribution in [0.25, 0.3) is 0 Å². The molecule has 3 rings (SSSR count). The fourth-order valence-corrected chi connectivity index (χ4v) is 2.78. The van der Waals surface area contributed by atoms with Crippen molar-refractivity contribution in [3.63, 3.8) is 0 Å². The van der Waals surface area contributed by atoms with E-state index < -0.39 is 29.0 Å². The minimum absolute atomic E-state index is 0.0452. The SMILES string of the molecule is O=C(OCc1ccccc1)[C@H](Cc1ccccc1)C(=O)OCc1cc(=O)c(O)c[nH]1. The molecule has 0 saturated heterocycles. The zero-order valence-corrected chi connectivity index (χ0v) is 16.1. The normalized spacial score (nSPS) is 11.5. The van der Waals surface area contributed by atoms with Crippen molar-refractivity contribution < 1.29 is 24.2 Å². The summed E-state index contributed by atoms with van der Waals surface area (Å²) in [6.07, 6.45) is 1.24. The predicted octanol–water partition coefficient (Wildman–Crippen LogP) is 2.73. The van der Waals surface area contributed by atoms with Gasteiger partial charge in [-0.05, 0) is 17.5 Å². The fraction of sp³-hybridized carbons (Fsp3) is 0.174. The smallest absolute Gasteiger partial charge is 0.321 e. The summed E-state index contributed by atoms with van der Waals surface area (Å²) < 4.78 is 10.6. The highest BCUT2D eigenvalue weighted by Crippen LogP contribution is 2.15. The van der Waals surface area contributed by atoms with E-state index in [1.807, 2.05) is 60.7 Å². The third kappa shape index (κ3) is 5.81. The standard InChI is InChI=1S/C23H21NO6/c25-20-12-18(24-13-21(20)26)15-30-23(28)19(11-16-7-3-1-4-8-16)22(27)29-14-17-9-5-2-6-10-17/h1-10,12-13,19,26H,11,14-15H2,(H,24,25)/t19-/m0/s1. The molecular formula is C23H21NO6. The third-order valence-electron chi connectivity index (χ3n) is 4.40. The van der Waals surface area contributed by atoms with E-state index in [0.29, 0.717) is 5.69 Å². The highest BCUT2D eigenvalue weighted by atomic mass is 16.6. The first-order valence-corrected chi connectivity index (χ1v) is 9.34. The van der Waals surface area contributed by atoms with E-state index >= 15 is 0 Å². The lowest BCUT2D eigenvalue weighted by atomic mass is 9.99. The Hall–Kier alpha value is -3.87. The Labute approximate surface area is 172 Å². The molecule has 3 aromatic rings. The van der Waals surface area contributed by atoms with E-state index in [0.717, 1.165) is 23.4 Å². The van der Waals surface area contributed by atoms with Crippen LogP contribution < -0.4 is 5.43 Å². The van der Waals surface area contributed by atoms with Crippen LogP contribution in [0.15, 0.2) is 77.7 Å². The van der Waals surface area contributed by atoms with Gasteiger partial charge in [0, 0.05) is 12.3 Å². The molecule has 0 radical (unpaired) electrons. The molecule has 1 heterocycles. The number of hydrogen-bond acceptors (Lipinski definition) is 6. The van der Waals surface area contributed by atoms with Gasteiger partial charge in [0.2, 0.25) is 5.43 Å². The molecule has 2 N–H and O–H groups in total. The molecule has 0 fully saturated rings. The van der Waals surface area contributed by atoms with Gasteiger partial charge >= 0.3 is 11.9 Å². The van der Waals surface area contributed by atoms with Gasteiger partial charge in [-0.25, -0.2) is 0 Å². The third-order valence-corrected chi connectivity index (χ3v) is 4.40. The van der Waals surface area contributed by atoms with Crippen molar-refractivity contribution in [3.05, 3.63) is 100.0 Å². The monoisotopic (exact) mass is 407 g/mol. The number of carbonyl (C=O) groups is 2. The van der Waals surface area contributed by atoms with Gasteiger partial charge in [-0.1, -0.05) is 60.7 Å². The number of aromatic nitrogens is 1. The summed E-state index contributed by atoms with van der Waals surface area (Å²) >= 11 is 0. The first kappa shape index (κ1) is 20.9. The van der Waals surface area contributed by atoms with Crippen molar-refractivity contribution in [2.24, 2.45) is 5.92 Å². The Bertz CT molecular complexity index is 1050. The van der Waals surface area contributed by atoms with Crippen LogP contribution in [0.4, 0.5) is 0 Å². The Morgan fingerprint density at radius 2 is 1.43 bits per heavy atom. The molecule has 0 saturated carbocycles. The minimum Gasteiger partial charge on any atom is -0.503 e. The summed E-state index contributed by atoms with van der Waals surface area (Å²) in [5.41, 5.74) is 1.29. The van der Waals surface area contributed by atoms with Gasteiger partial charge < -0.3 is 19.6 Å². The Morgan fingerprint density at radius 3 is 2.03 bits per heavy atom. The zero-order chi connectivity index (χ0) is 21.3. The number of esters is 2. The van der Waals surface area contributed by atoms with Crippen molar-refractivity contribution in [2.75, 3.05) is 0 Å². The minimum atomic E-state index is -1.15. The summed E-state index contributed by atoms with van der Waals surface area (Å²) in [5.74, 6) is -3.03. The van der Waals surface area contributed by atoms with Crippen LogP contribution in [0, 0.1) is 5.92 Å². The van der Waals surface area contributed by atoms with Crippen LogP contribution in [-0.2, 0) is 38.7 Å². The van der Waals surface area contributed by atoms with Gasteiger partial charge in [-0.15, -0.1) is 0 Å². The van der Waals surface area contributed by atoms with Crippen molar-refractivity contribution in [2.45, 2.75) is 19.6 Å². The van der Waals surface area contributed by atoms with Gasteiger partial charge in [0.25, 0.3) is 0 Å². The van der Waals surface area contributed by atoms with Crippen molar-refractivity contribution in [1.29, 1.82) is 0 Å². The van der Waals surface area contributed by atoms with Crippen LogP contribution in [0.5, 0.6) is 5.75 Å². The van der Waals surface area contributed by atoms with E-state index in [9.17, 15) is 19.5 Å². The van der Waals surface area contributed by atoms with Gasteiger partial charge in [-0.2, -0.15) is 0 Å². The van der Waals surface area contributed by atoms with E-state index in [1.165, 1.54) is 0 Å². The summed E-state index contributed by atoms with van der Waals surface area (Å²) in [6.45, 7) is -0.199. The number of H-pyrrole nitrogens is 1. The molecule has 30 heavy (non-hydrogen) atoms. The molecule has 2 aromatic carbocycles. The fourth-order valence-electron chi connectivity index (χ4n) is 2.78. The molecular weight excluding hydrogens is 386 g/mol. The van der Waals surface area contributed by atoms with E-state index in [-0.39, 0.29) is 19.6 Å². The second-order valence-electron chi connectivity index (χ2n) is 6.65. The van der Waals surface area contributed by atoms with E-state index in [4.69, 9.17) is 9.47 Å². The second kappa shape index (κ2) is 10.1. The number of carbonyl (C=O) groups excluding carboxylic acids is 2. The zero-order valence-electron chi connectivity index (χ0n) is 16.1. The lowest BCUT2D eigenvalue weighted by molar-refractivity contribution is -0.163. The number of benzene rings is 2. The molecule has 1 aromatic heterocycles. The van der Waals surface area contributed by atoms with Crippen molar-refractivity contribution in [3.8, 4) is 5.75 Å². The molecule has 0 amide bonds. The summed E-state index contributed by atoms with van der Waals surface area (Å²) in [4.78, 5) is 39.5. The lowest BCUT2D eigenvalue weighted by Crippen LogP contribution is -2.30. The van der Waals surface area contributed by atoms with Crippen LogP contribution in [0.3, 0.4) is 0 Å². The molecule has 0 spiro atoms. The Morgan fingerprint density at radius 1 is 0.867 bits per heavy atom. The summed E-state index contributed by atoms with van der Waals surface area (Å²) in [5, 5.41) is 9.29. The molecule has 0 aliphatic heterocycles. The molecule has 1 atom stereocenters. The number of rotatable bonds is 8. The van der Waals surface area contributed by atoms with E-state index in [2.05, 4.69) is 4.98 Å². The average molecular weight is 407 g/mol. The maximum atomic E-state index is 12.7. The molecule has 0 aliphatic rings. The highest BCUT2D eigenvalue weighted by Gasteiger charge is 2.30. The van der Waals surface area contributed by atoms with Crippen LogP contribution >= 0.6 is 0 Å². The van der Waals surface area contributed by atoms with Crippen molar-refractivity contribution in [1.82, 2.24) is 4.98 Å². The maximum Gasteiger partial charge on any atom is 0.321 e. The largest absolute Gasteiger partial charge is 0.503 e. The van der Waals surface area contributed by atoms with Gasteiger partial charge in [0.15, 0.2) is 11.7 Å². The van der Waals surface area contributed by atoms with E-state index in [1.54, 1.807) is 0 Å². The van der Waals surface area contributed by atoms with Crippen LogP contribution in [-0.4, -0.2) is 22.0 Å². The Kier molecular flexibility index (Phi) is 7.00. The van der Waals surface area contributed by atoms with Gasteiger partial charge in [-0.3, -0.25) is 14.4 Å². The number of pyridine rings is 1. The lowest BCUT2D eigenvalue weighted by Gasteiger charge is -2.16. The molecule has 0 bridgehead atoms. The molecule has 7 heteroatoms. The average Bonchev–Trinajstić information content (AvgIpc) is 2.78. The number of hydrogen-bond donors (Lipinski definition) is 2. The van der Waals surface area contributed by atoms with Crippen LogP contribution in [0.1, 0.15) is 16.8 Å².